The molecule has 3 heterocycles. The minimum Gasteiger partial charge on any atom is -0.465 e. The van der Waals surface area contributed by atoms with E-state index in [9.17, 15) is 24.1 Å². The van der Waals surface area contributed by atoms with Gasteiger partial charge in [-0.05, 0) is 26.7 Å². The van der Waals surface area contributed by atoms with Gasteiger partial charge in [0.15, 0.2) is 23.7 Å². The van der Waals surface area contributed by atoms with E-state index in [1.54, 1.807) is 0 Å². The topological polar surface area (TPSA) is 235 Å². The zero-order chi connectivity index (χ0) is 30.2. The number of hydrogen-bond acceptors (Lipinski definition) is 13. The molecule has 1 saturated heterocycles. The standard InChI is InChI=1S/C23H39N8O9P/c1-5-7-9-37-21(34)13(3)28-41(36,29-14(4)22(35)38-10-8-6-2)12-39-16-11-15(32)20(40-16)31-18-17(27-30-31)19(33)26-23(24)25-18/h13-16,20,32H,5-12H2,1-4H3,(H2,28,29,36)(H3,24,25,26,33)/t13-,14-,15+,16-,20+/m0/s1. The minimum atomic E-state index is -3.82. The number of nitrogen functional groups attached to an aromatic ring is 1. The number of hydrogen-bond donors (Lipinski definition) is 5. The number of ether oxygens (including phenoxy) is 4. The Morgan fingerprint density at radius 3 is 2.32 bits per heavy atom. The first-order chi connectivity index (χ1) is 19.5. The number of nitrogens with two attached hydrogens (primary N) is 1. The van der Waals surface area contributed by atoms with E-state index in [0.29, 0.717) is 12.8 Å². The maximum absolute atomic E-state index is 13.9. The second-order valence-corrected chi connectivity index (χ2v) is 11.9. The van der Waals surface area contributed by atoms with Crippen molar-refractivity contribution in [2.75, 3.05) is 25.3 Å². The number of unbranched alkanes of at least 4 members (excludes halogenated alkanes) is 2. The monoisotopic (exact) mass is 602 g/mol. The molecule has 6 N–H and O–H groups in total. The molecule has 0 radical (unpaired) electrons. The summed E-state index contributed by atoms with van der Waals surface area (Å²) < 4.78 is 37.0. The van der Waals surface area contributed by atoms with Gasteiger partial charge in [-0.3, -0.25) is 23.9 Å². The molecule has 1 aliphatic heterocycles. The highest BCUT2D eigenvalue weighted by Gasteiger charge is 2.40. The van der Waals surface area contributed by atoms with Crippen molar-refractivity contribution in [2.45, 2.75) is 90.5 Å². The smallest absolute Gasteiger partial charge is 0.323 e. The van der Waals surface area contributed by atoms with Gasteiger partial charge in [0, 0.05) is 6.42 Å². The number of anilines is 1. The van der Waals surface area contributed by atoms with E-state index >= 15 is 0 Å². The highest BCUT2D eigenvalue weighted by Crippen LogP contribution is 2.40. The Labute approximate surface area is 236 Å². The van der Waals surface area contributed by atoms with Gasteiger partial charge < -0.3 is 29.8 Å². The predicted octanol–water partition coefficient (Wildman–Crippen LogP) is 0.513. The molecule has 0 spiro atoms. The molecule has 41 heavy (non-hydrogen) atoms. The van der Waals surface area contributed by atoms with Crippen LogP contribution in [-0.4, -0.2) is 86.0 Å². The number of aliphatic hydroxyl groups excluding tert-OH is 1. The minimum absolute atomic E-state index is 0.00391. The average Bonchev–Trinajstić information content (AvgIpc) is 3.50. The van der Waals surface area contributed by atoms with Crippen molar-refractivity contribution in [3.8, 4) is 0 Å². The molecule has 0 bridgehead atoms. The zero-order valence-corrected chi connectivity index (χ0v) is 24.5. The summed E-state index contributed by atoms with van der Waals surface area (Å²) in [6, 6.07) is -2.01. The van der Waals surface area contributed by atoms with E-state index in [-0.39, 0.29) is 36.7 Å². The summed E-state index contributed by atoms with van der Waals surface area (Å²) in [5, 5.41) is 23.7. The highest BCUT2D eigenvalue weighted by molar-refractivity contribution is 7.59. The summed E-state index contributed by atoms with van der Waals surface area (Å²) >= 11 is 0. The first-order valence-corrected chi connectivity index (χ1v) is 15.4. The maximum Gasteiger partial charge on any atom is 0.323 e. The number of nitrogens with one attached hydrogen (secondary N) is 3. The lowest BCUT2D eigenvalue weighted by atomic mass is 10.2. The van der Waals surface area contributed by atoms with E-state index in [4.69, 9.17) is 24.7 Å². The third-order valence-corrected chi connectivity index (χ3v) is 8.21. The average molecular weight is 603 g/mol. The molecule has 1 aliphatic rings. The van der Waals surface area contributed by atoms with Crippen LogP contribution in [0.2, 0.25) is 0 Å². The summed E-state index contributed by atoms with van der Waals surface area (Å²) in [7, 11) is -3.82. The molecule has 0 unspecified atom stereocenters. The fraction of sp³-hybridized carbons (Fsp3) is 0.739. The number of carbonyl (C=O) groups excluding carboxylic acids is 2. The third-order valence-electron chi connectivity index (χ3n) is 6.09. The number of aromatic nitrogens is 5. The van der Waals surface area contributed by atoms with Gasteiger partial charge in [0.1, 0.15) is 24.5 Å². The lowest BCUT2D eigenvalue weighted by molar-refractivity contribution is -0.148. The first kappa shape index (κ1) is 32.6. The van der Waals surface area contributed by atoms with Crippen molar-refractivity contribution in [3.63, 3.8) is 0 Å². The SMILES string of the molecule is CCCCOC(=O)[C@H](C)NP(=O)(CO[C@@H]1C[C@@H](O)[C@H](n2nnc3c(=O)[nH]c(N)nc32)O1)N[C@@H](C)C(=O)OCCCC. The van der Waals surface area contributed by atoms with Crippen LogP contribution in [0.4, 0.5) is 5.95 Å². The van der Waals surface area contributed by atoms with Crippen LogP contribution in [0.5, 0.6) is 0 Å². The second kappa shape index (κ2) is 14.8. The molecule has 0 saturated carbocycles. The van der Waals surface area contributed by atoms with Crippen LogP contribution < -0.4 is 21.5 Å². The molecule has 230 valence electrons. The number of esters is 2. The second-order valence-electron chi connectivity index (χ2n) is 9.70. The Kier molecular flexibility index (Phi) is 11.7. The van der Waals surface area contributed by atoms with Crippen molar-refractivity contribution >= 4 is 36.5 Å². The third kappa shape index (κ3) is 8.77. The Morgan fingerprint density at radius 2 is 1.76 bits per heavy atom. The lowest BCUT2D eigenvalue weighted by Gasteiger charge is -2.27. The molecule has 5 atom stereocenters. The molecular formula is C23H39N8O9P. The van der Waals surface area contributed by atoms with E-state index in [0.717, 1.165) is 17.5 Å². The van der Waals surface area contributed by atoms with Gasteiger partial charge in [-0.2, -0.15) is 9.67 Å². The zero-order valence-electron chi connectivity index (χ0n) is 23.6. The summed E-state index contributed by atoms with van der Waals surface area (Å²) in [5.41, 5.74) is 4.91. The summed E-state index contributed by atoms with van der Waals surface area (Å²) in [6.45, 7) is 7.30. The first-order valence-electron chi connectivity index (χ1n) is 13.5. The summed E-state index contributed by atoms with van der Waals surface area (Å²) in [4.78, 5) is 43.3. The van der Waals surface area contributed by atoms with Crippen molar-refractivity contribution in [2.24, 2.45) is 0 Å². The lowest BCUT2D eigenvalue weighted by Crippen LogP contribution is -2.43. The van der Waals surface area contributed by atoms with E-state index in [2.05, 4.69) is 30.5 Å². The van der Waals surface area contributed by atoms with Crippen LogP contribution in [0.25, 0.3) is 11.2 Å². The Bertz CT molecular complexity index is 1250. The van der Waals surface area contributed by atoms with Crippen LogP contribution >= 0.6 is 7.44 Å². The van der Waals surface area contributed by atoms with Crippen molar-refractivity contribution in [1.29, 1.82) is 0 Å². The molecule has 2 aromatic heterocycles. The van der Waals surface area contributed by atoms with Gasteiger partial charge in [-0.15, -0.1) is 5.10 Å². The van der Waals surface area contributed by atoms with Gasteiger partial charge >= 0.3 is 11.9 Å². The van der Waals surface area contributed by atoms with Crippen LogP contribution in [0.15, 0.2) is 4.79 Å². The predicted molar refractivity (Wildman–Crippen MR) is 145 cm³/mol. The van der Waals surface area contributed by atoms with Crippen molar-refractivity contribution in [3.05, 3.63) is 10.4 Å². The van der Waals surface area contributed by atoms with Crippen LogP contribution in [0.3, 0.4) is 0 Å². The molecule has 0 aliphatic carbocycles. The van der Waals surface area contributed by atoms with Crippen LogP contribution in [-0.2, 0) is 33.1 Å². The Morgan fingerprint density at radius 1 is 1.17 bits per heavy atom. The van der Waals surface area contributed by atoms with Crippen molar-refractivity contribution < 1.29 is 38.2 Å². The molecule has 0 amide bonds. The molecule has 17 nitrogen and oxygen atoms in total. The number of nitrogens with zero attached hydrogens (tertiary/aromatic N) is 4. The molecule has 1 fully saturated rings. The Balaban J connectivity index is 1.70. The molecule has 0 aromatic carbocycles. The number of carbonyl (C=O) groups is 2. The quantitative estimate of drug-likeness (QED) is 0.1000. The number of rotatable bonds is 16. The van der Waals surface area contributed by atoms with Gasteiger partial charge in [0.25, 0.3) is 5.56 Å². The molecule has 18 heteroatoms. The van der Waals surface area contributed by atoms with Crippen molar-refractivity contribution in [1.82, 2.24) is 35.1 Å². The maximum atomic E-state index is 13.9. The van der Waals surface area contributed by atoms with Gasteiger partial charge in [0.2, 0.25) is 13.4 Å². The summed E-state index contributed by atoms with van der Waals surface area (Å²) in [5.74, 6) is -1.41. The Hall–Kier alpha value is -2.95. The van der Waals surface area contributed by atoms with E-state index in [1.807, 2.05) is 13.8 Å². The van der Waals surface area contributed by atoms with Crippen LogP contribution in [0.1, 0.15) is 66.0 Å². The highest BCUT2D eigenvalue weighted by atomic mass is 31.2. The van der Waals surface area contributed by atoms with E-state index in [1.165, 1.54) is 13.8 Å². The summed E-state index contributed by atoms with van der Waals surface area (Å²) in [6.07, 6.45) is -0.947. The fourth-order valence-electron chi connectivity index (χ4n) is 3.89. The number of fused-ring (bicyclic) bond motifs is 1. The number of aromatic amines is 1. The van der Waals surface area contributed by atoms with E-state index < -0.39 is 62.0 Å². The molecule has 3 rings (SSSR count). The number of aliphatic hydroxyl groups is 1. The largest absolute Gasteiger partial charge is 0.465 e. The molecular weight excluding hydrogens is 563 g/mol. The van der Waals surface area contributed by atoms with Crippen LogP contribution in [0, 0.1) is 0 Å². The van der Waals surface area contributed by atoms with Gasteiger partial charge in [-0.25, -0.2) is 10.2 Å². The fourth-order valence-corrected chi connectivity index (χ4v) is 5.95. The van der Waals surface area contributed by atoms with Gasteiger partial charge in [0.05, 0.1) is 13.2 Å². The number of H-pyrrole nitrogens is 1. The molecule has 2 aromatic rings. The van der Waals surface area contributed by atoms with Gasteiger partial charge in [-0.1, -0.05) is 31.9 Å². The normalized spacial score (nSPS) is 20.7.